The second-order valence-electron chi connectivity index (χ2n) is 4.81. The molecule has 2 aromatic heterocycles. The Balaban J connectivity index is 2.00. The van der Waals surface area contributed by atoms with Crippen molar-refractivity contribution in [3.8, 4) is 16.2 Å². The maximum atomic E-state index is 12.6. The van der Waals surface area contributed by atoms with Crippen LogP contribution in [0.1, 0.15) is 0 Å². The molecule has 0 unspecified atom stereocenters. The molecule has 0 aliphatic heterocycles. The van der Waals surface area contributed by atoms with Gasteiger partial charge in [-0.25, -0.2) is 0 Å². The quantitative estimate of drug-likeness (QED) is 0.567. The SMILES string of the molecule is O=c1c(-c2cc3ccccc3s2)coc2cc(O)ccc12. The van der Waals surface area contributed by atoms with E-state index in [9.17, 15) is 9.90 Å². The highest BCUT2D eigenvalue weighted by molar-refractivity contribution is 7.22. The van der Waals surface area contributed by atoms with Crippen molar-refractivity contribution in [2.75, 3.05) is 0 Å². The minimum Gasteiger partial charge on any atom is -0.508 e. The first kappa shape index (κ1) is 12.2. The second-order valence-corrected chi connectivity index (χ2v) is 5.89. The zero-order valence-corrected chi connectivity index (χ0v) is 11.7. The minimum atomic E-state index is -0.0807. The number of benzene rings is 2. The number of hydrogen-bond donors (Lipinski definition) is 1. The lowest BCUT2D eigenvalue weighted by atomic mass is 10.1. The van der Waals surface area contributed by atoms with E-state index < -0.39 is 0 Å². The highest BCUT2D eigenvalue weighted by atomic mass is 32.1. The predicted octanol–water partition coefficient (Wildman–Crippen LogP) is 4.38. The zero-order valence-electron chi connectivity index (χ0n) is 10.9. The molecule has 4 aromatic rings. The molecule has 0 saturated carbocycles. The molecule has 21 heavy (non-hydrogen) atoms. The van der Waals surface area contributed by atoms with Crippen LogP contribution in [0.5, 0.6) is 5.75 Å². The summed E-state index contributed by atoms with van der Waals surface area (Å²) >= 11 is 1.57. The maximum Gasteiger partial charge on any atom is 0.201 e. The number of rotatable bonds is 1. The van der Waals surface area contributed by atoms with Crippen molar-refractivity contribution in [1.29, 1.82) is 0 Å². The first-order valence-electron chi connectivity index (χ1n) is 6.46. The molecule has 0 atom stereocenters. The number of fused-ring (bicyclic) bond motifs is 2. The lowest BCUT2D eigenvalue weighted by Crippen LogP contribution is -2.03. The summed E-state index contributed by atoms with van der Waals surface area (Å²) in [4.78, 5) is 13.5. The normalized spacial score (nSPS) is 11.2. The van der Waals surface area contributed by atoms with E-state index in [2.05, 4.69) is 0 Å². The first-order chi connectivity index (χ1) is 10.2. The largest absolute Gasteiger partial charge is 0.508 e. The van der Waals surface area contributed by atoms with Crippen molar-refractivity contribution in [1.82, 2.24) is 0 Å². The summed E-state index contributed by atoms with van der Waals surface area (Å²) in [7, 11) is 0. The summed E-state index contributed by atoms with van der Waals surface area (Å²) in [5.41, 5.74) is 0.863. The van der Waals surface area contributed by atoms with Gasteiger partial charge in [0.1, 0.15) is 17.6 Å². The van der Waals surface area contributed by atoms with Gasteiger partial charge in [0.25, 0.3) is 0 Å². The van der Waals surface area contributed by atoms with Crippen LogP contribution in [0.25, 0.3) is 31.5 Å². The van der Waals surface area contributed by atoms with Gasteiger partial charge in [-0.3, -0.25) is 4.79 Å². The summed E-state index contributed by atoms with van der Waals surface area (Å²) < 4.78 is 6.64. The van der Waals surface area contributed by atoms with Gasteiger partial charge in [0.05, 0.1) is 10.9 Å². The van der Waals surface area contributed by atoms with Gasteiger partial charge in [-0.2, -0.15) is 0 Å². The van der Waals surface area contributed by atoms with Gasteiger partial charge in [-0.05, 0) is 29.7 Å². The van der Waals surface area contributed by atoms with Crippen molar-refractivity contribution < 1.29 is 9.52 Å². The molecule has 2 aromatic carbocycles. The Labute approximate surface area is 123 Å². The summed E-state index contributed by atoms with van der Waals surface area (Å²) in [6.07, 6.45) is 1.47. The van der Waals surface area contributed by atoms with Gasteiger partial charge in [0, 0.05) is 15.6 Å². The van der Waals surface area contributed by atoms with Gasteiger partial charge < -0.3 is 9.52 Å². The zero-order chi connectivity index (χ0) is 14.4. The maximum absolute atomic E-state index is 12.6. The molecule has 0 bridgehead atoms. The molecule has 4 heteroatoms. The summed E-state index contributed by atoms with van der Waals surface area (Å²) in [6, 6.07) is 14.5. The third kappa shape index (κ3) is 1.92. The fourth-order valence-electron chi connectivity index (χ4n) is 2.40. The number of phenols is 1. The van der Waals surface area contributed by atoms with Gasteiger partial charge in [0.2, 0.25) is 5.43 Å². The highest BCUT2D eigenvalue weighted by Gasteiger charge is 2.12. The number of phenolic OH excluding ortho intramolecular Hbond substituents is 1. The Kier molecular flexibility index (Phi) is 2.59. The number of hydrogen-bond acceptors (Lipinski definition) is 4. The molecule has 2 heterocycles. The number of thiophene rings is 1. The van der Waals surface area contributed by atoms with Crippen LogP contribution in [0.15, 0.2) is 64.0 Å². The lowest BCUT2D eigenvalue weighted by Gasteiger charge is -2.00. The van der Waals surface area contributed by atoms with Crippen LogP contribution in [0.2, 0.25) is 0 Å². The summed E-state index contributed by atoms with van der Waals surface area (Å²) in [6.45, 7) is 0. The summed E-state index contributed by atoms with van der Waals surface area (Å²) in [5, 5.41) is 11.0. The van der Waals surface area contributed by atoms with Crippen molar-refractivity contribution >= 4 is 32.4 Å². The van der Waals surface area contributed by atoms with Crippen molar-refractivity contribution in [3.05, 3.63) is 65.0 Å². The molecule has 0 amide bonds. The number of aromatic hydroxyl groups is 1. The van der Waals surface area contributed by atoms with Gasteiger partial charge in [-0.15, -0.1) is 11.3 Å². The van der Waals surface area contributed by atoms with E-state index >= 15 is 0 Å². The van der Waals surface area contributed by atoms with Crippen LogP contribution in [0, 0.1) is 0 Å². The second kappa shape index (κ2) is 4.46. The van der Waals surface area contributed by atoms with E-state index in [0.29, 0.717) is 16.5 Å². The lowest BCUT2D eigenvalue weighted by molar-refractivity contribution is 0.474. The average Bonchev–Trinajstić information content (AvgIpc) is 2.91. The molecule has 0 fully saturated rings. The van der Waals surface area contributed by atoms with Crippen LogP contribution >= 0.6 is 11.3 Å². The standard InChI is InChI=1S/C17H10O3S/c18-11-5-6-12-14(8-11)20-9-13(17(12)19)16-7-10-3-1-2-4-15(10)21-16/h1-9,18H. The molecule has 0 aliphatic rings. The Bertz CT molecular complexity index is 994. The Morgan fingerprint density at radius 3 is 2.76 bits per heavy atom. The van der Waals surface area contributed by atoms with Crippen molar-refractivity contribution in [2.24, 2.45) is 0 Å². The monoisotopic (exact) mass is 294 g/mol. The van der Waals surface area contributed by atoms with E-state index in [1.54, 1.807) is 17.4 Å². The third-order valence-corrected chi connectivity index (χ3v) is 4.60. The van der Waals surface area contributed by atoms with Crippen LogP contribution in [-0.2, 0) is 0 Å². The van der Waals surface area contributed by atoms with E-state index in [0.717, 1.165) is 15.0 Å². The molecule has 3 nitrogen and oxygen atoms in total. The van der Waals surface area contributed by atoms with Crippen LogP contribution in [0.3, 0.4) is 0 Å². The predicted molar refractivity (Wildman–Crippen MR) is 85.0 cm³/mol. The molecule has 102 valence electrons. The van der Waals surface area contributed by atoms with E-state index in [-0.39, 0.29) is 11.2 Å². The molecule has 4 rings (SSSR count). The summed E-state index contributed by atoms with van der Waals surface area (Å²) in [5.74, 6) is 0.0836. The van der Waals surface area contributed by atoms with Crippen molar-refractivity contribution in [3.63, 3.8) is 0 Å². The third-order valence-electron chi connectivity index (χ3n) is 3.45. The molecule has 0 aliphatic carbocycles. The van der Waals surface area contributed by atoms with E-state index in [1.165, 1.54) is 18.4 Å². The van der Waals surface area contributed by atoms with Crippen molar-refractivity contribution in [2.45, 2.75) is 0 Å². The Morgan fingerprint density at radius 1 is 1.05 bits per heavy atom. The molecule has 0 saturated heterocycles. The van der Waals surface area contributed by atoms with Crippen LogP contribution in [-0.4, -0.2) is 5.11 Å². The fraction of sp³-hybridized carbons (Fsp3) is 0. The van der Waals surface area contributed by atoms with Crippen LogP contribution in [0.4, 0.5) is 0 Å². The van der Waals surface area contributed by atoms with E-state index in [1.807, 2.05) is 30.3 Å². The smallest absolute Gasteiger partial charge is 0.201 e. The Morgan fingerprint density at radius 2 is 1.90 bits per heavy atom. The minimum absolute atomic E-state index is 0.0807. The molecule has 1 N–H and O–H groups in total. The topological polar surface area (TPSA) is 50.4 Å². The van der Waals surface area contributed by atoms with Gasteiger partial charge in [-0.1, -0.05) is 18.2 Å². The van der Waals surface area contributed by atoms with Gasteiger partial charge >= 0.3 is 0 Å². The first-order valence-corrected chi connectivity index (χ1v) is 7.27. The van der Waals surface area contributed by atoms with Crippen LogP contribution < -0.4 is 5.43 Å². The highest BCUT2D eigenvalue weighted by Crippen LogP contribution is 2.32. The van der Waals surface area contributed by atoms with Gasteiger partial charge in [0.15, 0.2) is 0 Å². The molecule has 0 spiro atoms. The average molecular weight is 294 g/mol. The molecule has 0 radical (unpaired) electrons. The Hall–Kier alpha value is -2.59. The van der Waals surface area contributed by atoms with E-state index in [4.69, 9.17) is 4.42 Å². The molecular formula is C17H10O3S. The fourth-order valence-corrected chi connectivity index (χ4v) is 3.47. The molecular weight excluding hydrogens is 284 g/mol.